The Hall–Kier alpha value is -2.38. The highest BCUT2D eigenvalue weighted by molar-refractivity contribution is 5.79. The van der Waals surface area contributed by atoms with E-state index in [1.807, 2.05) is 45.0 Å². The van der Waals surface area contributed by atoms with Crippen LogP contribution in [0.5, 0.6) is 0 Å². The summed E-state index contributed by atoms with van der Waals surface area (Å²) in [7, 11) is 5.88. The van der Waals surface area contributed by atoms with Crippen LogP contribution in [0, 0.1) is 6.92 Å². The molecular weight excluding hydrogens is 280 g/mol. The Morgan fingerprint density at radius 1 is 1.36 bits per heavy atom. The molecule has 0 aliphatic carbocycles. The van der Waals surface area contributed by atoms with Gasteiger partial charge in [0.2, 0.25) is 0 Å². The molecule has 2 aromatic rings. The Morgan fingerprint density at radius 3 is 2.68 bits per heavy atom. The fraction of sp³-hybridized carbons (Fsp3) is 0.571. The van der Waals surface area contributed by atoms with Crippen molar-refractivity contribution >= 4 is 5.96 Å². The highest BCUT2D eigenvalue weighted by Crippen LogP contribution is 2.04. The van der Waals surface area contributed by atoms with Crippen LogP contribution in [0.3, 0.4) is 0 Å². The quantitative estimate of drug-likeness (QED) is 0.641. The van der Waals surface area contributed by atoms with Crippen LogP contribution in [0.25, 0.3) is 0 Å². The normalized spacial score (nSPS) is 11.8. The molecule has 0 atom stereocenters. The van der Waals surface area contributed by atoms with E-state index in [1.54, 1.807) is 4.68 Å². The second-order valence-electron chi connectivity index (χ2n) is 5.27. The zero-order valence-electron chi connectivity index (χ0n) is 13.9. The summed E-state index contributed by atoms with van der Waals surface area (Å²) < 4.78 is 3.75. The Morgan fingerprint density at radius 2 is 2.14 bits per heavy atom. The Bertz CT molecular complexity index is 639. The molecule has 120 valence electrons. The summed E-state index contributed by atoms with van der Waals surface area (Å²) in [5, 5.41) is 15.7. The molecule has 2 heterocycles. The van der Waals surface area contributed by atoms with Crippen LogP contribution in [0.15, 0.2) is 17.4 Å². The molecule has 0 aromatic carbocycles. The van der Waals surface area contributed by atoms with Crippen LogP contribution in [-0.2, 0) is 27.2 Å². The molecule has 0 bridgehead atoms. The number of nitrogens with zero attached hydrogens (tertiary/aromatic N) is 7. The molecule has 0 fully saturated rings. The monoisotopic (exact) mass is 304 g/mol. The molecule has 0 aliphatic rings. The molecule has 0 spiro atoms. The lowest BCUT2D eigenvalue weighted by atomic mass is 10.3. The van der Waals surface area contributed by atoms with Crippen LogP contribution in [0.1, 0.15) is 24.1 Å². The topological polar surface area (TPSA) is 76.2 Å². The Balaban J connectivity index is 2.07. The molecular formula is C14H24N8. The van der Waals surface area contributed by atoms with Crippen LogP contribution >= 0.6 is 0 Å². The van der Waals surface area contributed by atoms with Crippen LogP contribution in [0.4, 0.5) is 0 Å². The van der Waals surface area contributed by atoms with E-state index in [9.17, 15) is 0 Å². The van der Waals surface area contributed by atoms with Crippen LogP contribution in [-0.4, -0.2) is 49.0 Å². The summed E-state index contributed by atoms with van der Waals surface area (Å²) in [5.41, 5.74) is 1.14. The van der Waals surface area contributed by atoms with Gasteiger partial charge in [0, 0.05) is 46.0 Å². The second-order valence-corrected chi connectivity index (χ2v) is 5.27. The Labute approximate surface area is 130 Å². The number of aliphatic imine (C=N–C) groups is 1. The third kappa shape index (κ3) is 3.84. The molecule has 0 saturated heterocycles. The molecule has 0 saturated carbocycles. The molecule has 8 nitrogen and oxygen atoms in total. The minimum atomic E-state index is 0.497. The van der Waals surface area contributed by atoms with Gasteiger partial charge in [-0.05, 0) is 13.8 Å². The number of hydrogen-bond donors (Lipinski definition) is 1. The lowest BCUT2D eigenvalue weighted by Gasteiger charge is -2.21. The van der Waals surface area contributed by atoms with Gasteiger partial charge in [-0.1, -0.05) is 0 Å². The smallest absolute Gasteiger partial charge is 0.194 e. The standard InChI is InChI=1S/C14H24N8/c1-6-15-14(16-8-13-19-18-11(2)22(13)5)20(3)9-12-7-17-21(4)10-12/h7,10H,6,8-9H2,1-5H3,(H,15,16). The molecule has 8 heteroatoms. The first-order chi connectivity index (χ1) is 10.5. The van der Waals surface area contributed by atoms with E-state index in [1.165, 1.54) is 0 Å². The maximum absolute atomic E-state index is 4.64. The summed E-state index contributed by atoms with van der Waals surface area (Å²) in [6.45, 7) is 6.04. The molecule has 1 N–H and O–H groups in total. The van der Waals surface area contributed by atoms with Crippen molar-refractivity contribution < 1.29 is 0 Å². The summed E-state index contributed by atoms with van der Waals surface area (Å²) in [6, 6.07) is 0. The highest BCUT2D eigenvalue weighted by atomic mass is 15.3. The lowest BCUT2D eigenvalue weighted by molar-refractivity contribution is 0.476. The molecule has 2 aromatic heterocycles. The van der Waals surface area contributed by atoms with Crippen molar-refractivity contribution in [2.75, 3.05) is 13.6 Å². The number of rotatable bonds is 5. The molecule has 0 amide bonds. The first-order valence-electron chi connectivity index (χ1n) is 7.33. The van der Waals surface area contributed by atoms with Crippen molar-refractivity contribution in [2.24, 2.45) is 19.1 Å². The van der Waals surface area contributed by atoms with E-state index < -0.39 is 0 Å². The molecule has 0 aliphatic heterocycles. The van der Waals surface area contributed by atoms with Gasteiger partial charge >= 0.3 is 0 Å². The maximum atomic E-state index is 4.64. The summed E-state index contributed by atoms with van der Waals surface area (Å²) in [4.78, 5) is 6.71. The number of aromatic nitrogens is 5. The molecule has 0 unspecified atom stereocenters. The third-order valence-corrected chi connectivity index (χ3v) is 3.43. The van der Waals surface area contributed by atoms with Crippen molar-refractivity contribution in [3.63, 3.8) is 0 Å². The molecule has 22 heavy (non-hydrogen) atoms. The van der Waals surface area contributed by atoms with E-state index in [0.717, 1.165) is 36.3 Å². The number of nitrogens with one attached hydrogen (secondary N) is 1. The first-order valence-corrected chi connectivity index (χ1v) is 7.33. The molecule has 2 rings (SSSR count). The van der Waals surface area contributed by atoms with Gasteiger partial charge < -0.3 is 14.8 Å². The predicted octanol–water partition coefficient (Wildman–Crippen LogP) is 0.455. The van der Waals surface area contributed by atoms with Crippen molar-refractivity contribution in [3.8, 4) is 0 Å². The maximum Gasteiger partial charge on any atom is 0.194 e. The van der Waals surface area contributed by atoms with E-state index in [2.05, 4.69) is 37.4 Å². The van der Waals surface area contributed by atoms with Gasteiger partial charge in [0.05, 0.1) is 6.20 Å². The highest BCUT2D eigenvalue weighted by Gasteiger charge is 2.09. The summed E-state index contributed by atoms with van der Waals surface area (Å²) >= 11 is 0. The zero-order chi connectivity index (χ0) is 16.1. The third-order valence-electron chi connectivity index (χ3n) is 3.43. The van der Waals surface area contributed by atoms with Gasteiger partial charge in [-0.15, -0.1) is 10.2 Å². The minimum Gasteiger partial charge on any atom is -0.357 e. The van der Waals surface area contributed by atoms with Gasteiger partial charge in [-0.25, -0.2) is 4.99 Å². The van der Waals surface area contributed by atoms with E-state index in [-0.39, 0.29) is 0 Å². The van der Waals surface area contributed by atoms with E-state index in [0.29, 0.717) is 6.54 Å². The van der Waals surface area contributed by atoms with Crippen molar-refractivity contribution in [1.29, 1.82) is 0 Å². The largest absolute Gasteiger partial charge is 0.357 e. The van der Waals surface area contributed by atoms with Crippen LogP contribution < -0.4 is 5.32 Å². The van der Waals surface area contributed by atoms with E-state index >= 15 is 0 Å². The molecule has 0 radical (unpaired) electrons. The number of guanidine groups is 1. The SMILES string of the molecule is CCNC(=NCc1nnc(C)n1C)N(C)Cc1cnn(C)c1. The van der Waals surface area contributed by atoms with Crippen LogP contribution in [0.2, 0.25) is 0 Å². The zero-order valence-corrected chi connectivity index (χ0v) is 13.9. The first kappa shape index (κ1) is 16.0. The van der Waals surface area contributed by atoms with Gasteiger partial charge in [0.1, 0.15) is 12.4 Å². The fourth-order valence-electron chi connectivity index (χ4n) is 2.11. The lowest BCUT2D eigenvalue weighted by Crippen LogP contribution is -2.38. The van der Waals surface area contributed by atoms with Crippen molar-refractivity contribution in [2.45, 2.75) is 26.9 Å². The van der Waals surface area contributed by atoms with Crippen molar-refractivity contribution in [1.82, 2.24) is 34.8 Å². The van der Waals surface area contributed by atoms with E-state index in [4.69, 9.17) is 0 Å². The predicted molar refractivity (Wildman–Crippen MR) is 85.2 cm³/mol. The van der Waals surface area contributed by atoms with Crippen molar-refractivity contribution in [3.05, 3.63) is 29.6 Å². The summed E-state index contributed by atoms with van der Waals surface area (Å²) in [5.74, 6) is 2.58. The van der Waals surface area contributed by atoms with Gasteiger partial charge in [-0.2, -0.15) is 5.10 Å². The summed E-state index contributed by atoms with van der Waals surface area (Å²) in [6.07, 6.45) is 3.87. The Kier molecular flexibility index (Phi) is 5.13. The number of aryl methyl sites for hydroxylation is 2. The van der Waals surface area contributed by atoms with Gasteiger partial charge in [0.15, 0.2) is 11.8 Å². The minimum absolute atomic E-state index is 0.497. The van der Waals surface area contributed by atoms with Gasteiger partial charge in [-0.3, -0.25) is 4.68 Å². The average molecular weight is 304 g/mol. The fourth-order valence-corrected chi connectivity index (χ4v) is 2.11. The van der Waals surface area contributed by atoms with Gasteiger partial charge in [0.25, 0.3) is 0 Å². The average Bonchev–Trinajstić information content (AvgIpc) is 3.03. The number of hydrogen-bond acceptors (Lipinski definition) is 4. The second kappa shape index (κ2) is 7.06.